The highest BCUT2D eigenvalue weighted by molar-refractivity contribution is 7.09. The molecule has 1 rings (SSSR count). The van der Waals surface area contributed by atoms with Crippen LogP contribution in [-0.2, 0) is 6.67 Å². The molecule has 1 heterocycles. The van der Waals surface area contributed by atoms with Crippen molar-refractivity contribution in [3.05, 3.63) is 22.4 Å². The predicted octanol–water partition coefficient (Wildman–Crippen LogP) is 2.22. The summed E-state index contributed by atoms with van der Waals surface area (Å²) in [6.45, 7) is -0.322. The first-order valence-electron chi connectivity index (χ1n) is 2.02. The van der Waals surface area contributed by atoms with Crippen molar-refractivity contribution in [2.24, 2.45) is 0 Å². The Labute approximate surface area is 45.6 Å². The van der Waals surface area contributed by atoms with Crippen LogP contribution in [-0.4, -0.2) is 0 Å². The molecule has 0 unspecified atom stereocenters. The Balaban J connectivity index is 2.76. The van der Waals surface area contributed by atoms with Gasteiger partial charge in [-0.1, -0.05) is 6.07 Å². The van der Waals surface area contributed by atoms with Crippen molar-refractivity contribution >= 4 is 11.3 Å². The van der Waals surface area contributed by atoms with Gasteiger partial charge in [0.25, 0.3) is 0 Å². The second kappa shape index (κ2) is 2.07. The molecular weight excluding hydrogens is 111 g/mol. The molecule has 0 nitrogen and oxygen atoms in total. The Kier molecular flexibility index (Phi) is 1.42. The predicted molar refractivity (Wildman–Crippen MR) is 29.1 cm³/mol. The lowest BCUT2D eigenvalue weighted by molar-refractivity contribution is 0.491. The van der Waals surface area contributed by atoms with Crippen LogP contribution in [0.25, 0.3) is 0 Å². The number of rotatable bonds is 1. The van der Waals surface area contributed by atoms with E-state index in [-0.39, 0.29) is 6.67 Å². The summed E-state index contributed by atoms with van der Waals surface area (Å²) in [5, 5.41) is 1.87. The lowest BCUT2D eigenvalue weighted by Gasteiger charge is -1.75. The molecule has 0 N–H and O–H groups in total. The summed E-state index contributed by atoms with van der Waals surface area (Å²) in [5.74, 6) is 0. The van der Waals surface area contributed by atoms with Crippen LogP contribution in [0.2, 0.25) is 0 Å². The van der Waals surface area contributed by atoms with Crippen LogP contribution in [0.5, 0.6) is 0 Å². The molecule has 0 fully saturated rings. The van der Waals surface area contributed by atoms with Crippen LogP contribution in [0.1, 0.15) is 4.88 Å². The molecule has 0 atom stereocenters. The molecule has 0 radical (unpaired) electrons. The van der Waals surface area contributed by atoms with Gasteiger partial charge in [0.15, 0.2) is 0 Å². The monoisotopic (exact) mass is 116 g/mol. The molecule has 1 aromatic rings. The largest absolute Gasteiger partial charge is 0.245 e. The summed E-state index contributed by atoms with van der Waals surface area (Å²) in [6, 6.07) is 3.63. The normalized spacial score (nSPS) is 9.29. The van der Waals surface area contributed by atoms with Crippen LogP contribution in [0, 0.1) is 0 Å². The fourth-order valence-electron chi connectivity index (χ4n) is 0.389. The minimum absolute atomic E-state index is 0.322. The first kappa shape index (κ1) is 4.78. The van der Waals surface area contributed by atoms with E-state index in [1.807, 2.05) is 11.4 Å². The summed E-state index contributed by atoms with van der Waals surface area (Å²) in [7, 11) is 0. The molecule has 0 aliphatic carbocycles. The Morgan fingerprint density at radius 2 is 2.57 bits per heavy atom. The highest BCUT2D eigenvalue weighted by Crippen LogP contribution is 2.08. The smallest absolute Gasteiger partial charge is 0.124 e. The van der Waals surface area contributed by atoms with E-state index in [0.717, 1.165) is 4.88 Å². The summed E-state index contributed by atoms with van der Waals surface area (Å²) < 4.78 is 11.6. The zero-order valence-electron chi connectivity index (χ0n) is 3.73. The average molecular weight is 116 g/mol. The second-order valence-electron chi connectivity index (χ2n) is 1.21. The standard InChI is InChI=1S/C5H5FS/c6-4-5-2-1-3-7-5/h1-3H,4H2. The van der Waals surface area contributed by atoms with Crippen molar-refractivity contribution in [3.8, 4) is 0 Å². The zero-order chi connectivity index (χ0) is 5.11. The second-order valence-corrected chi connectivity index (χ2v) is 2.25. The molecule has 38 valence electrons. The number of alkyl halides is 1. The molecule has 2 heteroatoms. The third-order valence-electron chi connectivity index (χ3n) is 0.712. The number of hydrogen-bond acceptors (Lipinski definition) is 1. The minimum Gasteiger partial charge on any atom is -0.245 e. The van der Waals surface area contributed by atoms with Gasteiger partial charge < -0.3 is 0 Å². The van der Waals surface area contributed by atoms with Gasteiger partial charge in [0, 0.05) is 4.88 Å². The topological polar surface area (TPSA) is 0 Å². The SMILES string of the molecule is FCc1cccs1. The van der Waals surface area contributed by atoms with Crippen LogP contribution >= 0.6 is 11.3 Å². The molecule has 0 amide bonds. The molecule has 0 saturated heterocycles. The molecule has 0 saturated carbocycles. The molecule has 0 spiro atoms. The molecule has 0 aliphatic rings. The van der Waals surface area contributed by atoms with Crippen molar-refractivity contribution in [3.63, 3.8) is 0 Å². The maximum absolute atomic E-state index is 11.6. The van der Waals surface area contributed by atoms with E-state index in [4.69, 9.17) is 0 Å². The van der Waals surface area contributed by atoms with E-state index < -0.39 is 0 Å². The summed E-state index contributed by atoms with van der Waals surface area (Å²) in [4.78, 5) is 0.806. The lowest BCUT2D eigenvalue weighted by Crippen LogP contribution is -1.60. The Morgan fingerprint density at radius 3 is 2.86 bits per heavy atom. The number of hydrogen-bond donors (Lipinski definition) is 0. The maximum Gasteiger partial charge on any atom is 0.124 e. The van der Waals surface area contributed by atoms with Gasteiger partial charge in [-0.25, -0.2) is 4.39 Å². The summed E-state index contributed by atoms with van der Waals surface area (Å²) in [6.07, 6.45) is 0. The van der Waals surface area contributed by atoms with Gasteiger partial charge in [-0.15, -0.1) is 11.3 Å². The zero-order valence-corrected chi connectivity index (χ0v) is 4.54. The summed E-state index contributed by atoms with van der Waals surface area (Å²) >= 11 is 1.45. The molecule has 7 heavy (non-hydrogen) atoms. The molecule has 1 aromatic heterocycles. The number of halogens is 1. The lowest BCUT2D eigenvalue weighted by atomic mass is 10.5. The van der Waals surface area contributed by atoms with Gasteiger partial charge in [0.1, 0.15) is 6.67 Å². The van der Waals surface area contributed by atoms with Gasteiger partial charge in [0.2, 0.25) is 0 Å². The molecular formula is C5H5FS. The quantitative estimate of drug-likeness (QED) is 0.527. The Bertz CT molecular complexity index is 123. The van der Waals surface area contributed by atoms with Crippen molar-refractivity contribution in [1.82, 2.24) is 0 Å². The van der Waals surface area contributed by atoms with E-state index >= 15 is 0 Å². The molecule has 0 aliphatic heterocycles. The first-order valence-corrected chi connectivity index (χ1v) is 2.90. The summed E-state index contributed by atoms with van der Waals surface area (Å²) in [5.41, 5.74) is 0. The van der Waals surface area contributed by atoms with E-state index in [1.54, 1.807) is 6.07 Å². The van der Waals surface area contributed by atoms with Crippen LogP contribution < -0.4 is 0 Å². The van der Waals surface area contributed by atoms with Gasteiger partial charge in [0.05, 0.1) is 0 Å². The van der Waals surface area contributed by atoms with Crippen molar-refractivity contribution < 1.29 is 4.39 Å². The van der Waals surface area contributed by atoms with Crippen LogP contribution in [0.3, 0.4) is 0 Å². The van der Waals surface area contributed by atoms with Crippen molar-refractivity contribution in [2.45, 2.75) is 6.67 Å². The number of thiophene rings is 1. The first-order chi connectivity index (χ1) is 3.43. The Hall–Kier alpha value is -0.370. The fourth-order valence-corrected chi connectivity index (χ4v) is 0.941. The average Bonchev–Trinajstić information content (AvgIpc) is 2.14. The van der Waals surface area contributed by atoms with Gasteiger partial charge in [-0.2, -0.15) is 0 Å². The van der Waals surface area contributed by atoms with E-state index in [2.05, 4.69) is 0 Å². The minimum atomic E-state index is -0.322. The van der Waals surface area contributed by atoms with Gasteiger partial charge in [-0.3, -0.25) is 0 Å². The third kappa shape index (κ3) is 0.996. The van der Waals surface area contributed by atoms with Crippen LogP contribution in [0.15, 0.2) is 17.5 Å². The van der Waals surface area contributed by atoms with E-state index in [0.29, 0.717) is 0 Å². The van der Waals surface area contributed by atoms with Crippen molar-refractivity contribution in [2.75, 3.05) is 0 Å². The Morgan fingerprint density at radius 1 is 1.71 bits per heavy atom. The highest BCUT2D eigenvalue weighted by atomic mass is 32.1. The van der Waals surface area contributed by atoms with Crippen LogP contribution in [0.4, 0.5) is 4.39 Å². The van der Waals surface area contributed by atoms with E-state index in [9.17, 15) is 4.39 Å². The molecule has 0 aromatic carbocycles. The highest BCUT2D eigenvalue weighted by Gasteiger charge is 1.85. The van der Waals surface area contributed by atoms with Gasteiger partial charge in [-0.05, 0) is 11.4 Å². The molecule has 0 bridgehead atoms. The fraction of sp³-hybridized carbons (Fsp3) is 0.200. The maximum atomic E-state index is 11.6. The van der Waals surface area contributed by atoms with E-state index in [1.165, 1.54) is 11.3 Å². The van der Waals surface area contributed by atoms with Crippen molar-refractivity contribution in [1.29, 1.82) is 0 Å². The van der Waals surface area contributed by atoms with Gasteiger partial charge >= 0.3 is 0 Å². The third-order valence-corrected chi connectivity index (χ3v) is 1.55.